The SMILES string of the molecule is COc1cc(N)c(Cl)cc1C(=O)NC(C)Cc1c(C)noc1C.Cl. The Labute approximate surface area is 152 Å². The number of carbonyl (C=O) groups excluding carboxylic acids is 1. The van der Waals surface area contributed by atoms with Gasteiger partial charge < -0.3 is 20.3 Å². The molecule has 0 radical (unpaired) electrons. The number of amides is 1. The van der Waals surface area contributed by atoms with Gasteiger partial charge in [0.25, 0.3) is 5.91 Å². The highest BCUT2D eigenvalue weighted by Gasteiger charge is 2.19. The van der Waals surface area contributed by atoms with Gasteiger partial charge in [0.15, 0.2) is 0 Å². The van der Waals surface area contributed by atoms with Crippen LogP contribution in [0.5, 0.6) is 5.75 Å². The van der Waals surface area contributed by atoms with Gasteiger partial charge in [0, 0.05) is 17.7 Å². The maximum absolute atomic E-state index is 12.5. The Hall–Kier alpha value is -1.92. The number of nitrogens with zero attached hydrogens (tertiary/aromatic N) is 1. The molecule has 1 aromatic carbocycles. The fraction of sp³-hybridized carbons (Fsp3) is 0.375. The zero-order chi connectivity index (χ0) is 17.1. The summed E-state index contributed by atoms with van der Waals surface area (Å²) >= 11 is 6.00. The van der Waals surface area contributed by atoms with E-state index in [1.54, 1.807) is 0 Å². The summed E-state index contributed by atoms with van der Waals surface area (Å²) in [4.78, 5) is 12.5. The number of nitrogens with two attached hydrogens (primary N) is 1. The van der Waals surface area contributed by atoms with Crippen molar-refractivity contribution in [3.63, 3.8) is 0 Å². The van der Waals surface area contributed by atoms with Gasteiger partial charge in [-0.1, -0.05) is 16.8 Å². The first kappa shape index (κ1) is 20.1. The molecule has 24 heavy (non-hydrogen) atoms. The first-order chi connectivity index (χ1) is 10.8. The molecule has 1 amide bonds. The minimum atomic E-state index is -0.275. The molecule has 0 spiro atoms. The molecule has 3 N–H and O–H groups in total. The predicted molar refractivity (Wildman–Crippen MR) is 96.3 cm³/mol. The van der Waals surface area contributed by atoms with Gasteiger partial charge in [-0.05, 0) is 33.3 Å². The third kappa shape index (κ3) is 4.33. The number of carbonyl (C=O) groups is 1. The standard InChI is InChI=1S/C16H20ClN3O3.ClH/c1-8(5-11-9(2)20-23-10(11)3)19-16(21)12-6-13(17)14(18)7-15(12)22-4;/h6-8H,5,18H2,1-4H3,(H,19,21);1H. The van der Waals surface area contributed by atoms with Gasteiger partial charge in [-0.3, -0.25) is 4.79 Å². The second-order valence-corrected chi connectivity index (χ2v) is 5.86. The highest BCUT2D eigenvalue weighted by molar-refractivity contribution is 6.33. The van der Waals surface area contributed by atoms with Crippen LogP contribution in [-0.4, -0.2) is 24.2 Å². The molecule has 6 nitrogen and oxygen atoms in total. The number of nitrogen functional groups attached to an aromatic ring is 1. The summed E-state index contributed by atoms with van der Waals surface area (Å²) < 4.78 is 10.3. The van der Waals surface area contributed by atoms with Crippen LogP contribution in [0, 0.1) is 13.8 Å². The van der Waals surface area contributed by atoms with Crippen molar-refractivity contribution >= 4 is 35.6 Å². The van der Waals surface area contributed by atoms with Crippen molar-refractivity contribution in [2.45, 2.75) is 33.2 Å². The van der Waals surface area contributed by atoms with Crippen molar-refractivity contribution < 1.29 is 14.1 Å². The van der Waals surface area contributed by atoms with Gasteiger partial charge in [0.2, 0.25) is 0 Å². The molecule has 1 unspecified atom stereocenters. The summed E-state index contributed by atoms with van der Waals surface area (Å²) in [7, 11) is 1.48. The van der Waals surface area contributed by atoms with E-state index in [1.165, 1.54) is 19.2 Å². The van der Waals surface area contributed by atoms with Crippen LogP contribution in [0.15, 0.2) is 16.7 Å². The van der Waals surface area contributed by atoms with Crippen molar-refractivity contribution in [1.29, 1.82) is 0 Å². The van der Waals surface area contributed by atoms with Crippen molar-refractivity contribution in [3.8, 4) is 5.75 Å². The van der Waals surface area contributed by atoms with Crippen molar-refractivity contribution in [2.75, 3.05) is 12.8 Å². The quantitative estimate of drug-likeness (QED) is 0.784. The molecular formula is C16H21Cl2N3O3. The summed E-state index contributed by atoms with van der Waals surface area (Å²) in [6.07, 6.45) is 0.623. The van der Waals surface area contributed by atoms with Gasteiger partial charge in [-0.15, -0.1) is 12.4 Å². The molecule has 1 heterocycles. The molecule has 0 saturated heterocycles. The van der Waals surface area contributed by atoms with Crippen molar-refractivity contribution in [1.82, 2.24) is 10.5 Å². The Morgan fingerprint density at radius 3 is 2.67 bits per heavy atom. The number of rotatable bonds is 5. The van der Waals surface area contributed by atoms with E-state index in [0.717, 1.165) is 17.0 Å². The van der Waals surface area contributed by atoms with Crippen LogP contribution >= 0.6 is 24.0 Å². The zero-order valence-electron chi connectivity index (χ0n) is 14.0. The lowest BCUT2D eigenvalue weighted by Crippen LogP contribution is -2.34. The van der Waals surface area contributed by atoms with E-state index in [2.05, 4.69) is 10.5 Å². The van der Waals surface area contributed by atoms with Crippen LogP contribution in [0.2, 0.25) is 5.02 Å². The fourth-order valence-corrected chi connectivity index (χ4v) is 2.53. The molecule has 1 aromatic heterocycles. The molecule has 0 bridgehead atoms. The lowest BCUT2D eigenvalue weighted by molar-refractivity contribution is 0.0937. The van der Waals surface area contributed by atoms with Gasteiger partial charge in [0.1, 0.15) is 11.5 Å². The van der Waals surface area contributed by atoms with Gasteiger partial charge in [-0.25, -0.2) is 0 Å². The van der Waals surface area contributed by atoms with Crippen LogP contribution in [0.3, 0.4) is 0 Å². The van der Waals surface area contributed by atoms with Crippen molar-refractivity contribution in [2.24, 2.45) is 0 Å². The summed E-state index contributed by atoms with van der Waals surface area (Å²) in [6.45, 7) is 5.64. The first-order valence-corrected chi connectivity index (χ1v) is 7.56. The normalized spacial score (nSPS) is 11.5. The van der Waals surface area contributed by atoms with E-state index < -0.39 is 0 Å². The van der Waals surface area contributed by atoms with Crippen LogP contribution in [0.1, 0.15) is 34.3 Å². The molecule has 2 rings (SSSR count). The molecule has 0 fully saturated rings. The molecule has 132 valence electrons. The number of methoxy groups -OCH3 is 1. The maximum Gasteiger partial charge on any atom is 0.255 e. The van der Waals surface area contributed by atoms with E-state index in [-0.39, 0.29) is 24.4 Å². The van der Waals surface area contributed by atoms with E-state index in [0.29, 0.717) is 28.4 Å². The number of hydrogen-bond donors (Lipinski definition) is 2. The number of anilines is 1. The Morgan fingerprint density at radius 2 is 2.12 bits per heavy atom. The summed E-state index contributed by atoms with van der Waals surface area (Å²) in [5.74, 6) is 0.869. The number of aryl methyl sites for hydroxylation is 2. The Morgan fingerprint density at radius 1 is 1.46 bits per heavy atom. The third-order valence-electron chi connectivity index (χ3n) is 3.63. The molecule has 0 aliphatic heterocycles. The number of benzene rings is 1. The maximum atomic E-state index is 12.5. The van der Waals surface area contributed by atoms with E-state index in [4.69, 9.17) is 26.6 Å². The number of ether oxygens (including phenoxy) is 1. The predicted octanol–water partition coefficient (Wildman–Crippen LogP) is 3.32. The van der Waals surface area contributed by atoms with E-state index >= 15 is 0 Å². The van der Waals surface area contributed by atoms with Gasteiger partial charge in [-0.2, -0.15) is 0 Å². The van der Waals surface area contributed by atoms with E-state index in [9.17, 15) is 4.79 Å². The van der Waals surface area contributed by atoms with Gasteiger partial charge in [0.05, 0.1) is 29.1 Å². The average Bonchev–Trinajstić information content (AvgIpc) is 2.81. The summed E-state index contributed by atoms with van der Waals surface area (Å²) in [5, 5.41) is 7.15. The molecule has 0 aliphatic carbocycles. The molecule has 8 heteroatoms. The van der Waals surface area contributed by atoms with Crippen molar-refractivity contribution in [3.05, 3.63) is 39.7 Å². The van der Waals surface area contributed by atoms with Crippen LogP contribution < -0.4 is 15.8 Å². The highest BCUT2D eigenvalue weighted by Crippen LogP contribution is 2.28. The lowest BCUT2D eigenvalue weighted by atomic mass is 10.0. The Kier molecular flexibility index (Phi) is 6.93. The minimum Gasteiger partial charge on any atom is -0.496 e. The summed E-state index contributed by atoms with van der Waals surface area (Å²) in [6, 6.07) is 2.93. The van der Waals surface area contributed by atoms with Crippen LogP contribution in [0.25, 0.3) is 0 Å². The zero-order valence-corrected chi connectivity index (χ0v) is 15.5. The average molecular weight is 374 g/mol. The number of aromatic nitrogens is 1. The second-order valence-electron chi connectivity index (χ2n) is 5.46. The number of hydrogen-bond acceptors (Lipinski definition) is 5. The highest BCUT2D eigenvalue weighted by atomic mass is 35.5. The monoisotopic (exact) mass is 373 g/mol. The summed E-state index contributed by atoms with van der Waals surface area (Å²) in [5.41, 5.74) is 8.27. The lowest BCUT2D eigenvalue weighted by Gasteiger charge is -2.16. The smallest absolute Gasteiger partial charge is 0.255 e. The first-order valence-electron chi connectivity index (χ1n) is 7.19. The third-order valence-corrected chi connectivity index (χ3v) is 3.96. The second kappa shape index (κ2) is 8.26. The van der Waals surface area contributed by atoms with Crippen LogP contribution in [0.4, 0.5) is 5.69 Å². The fourth-order valence-electron chi connectivity index (χ4n) is 2.37. The molecule has 1 atom stereocenters. The Bertz CT molecular complexity index is 712. The molecule has 0 saturated carbocycles. The molecule has 2 aromatic rings. The van der Waals surface area contributed by atoms with E-state index in [1.807, 2.05) is 20.8 Å². The Balaban J connectivity index is 0.00000288. The minimum absolute atomic E-state index is 0. The van der Waals surface area contributed by atoms with Gasteiger partial charge >= 0.3 is 0 Å². The van der Waals surface area contributed by atoms with Crippen LogP contribution in [-0.2, 0) is 6.42 Å². The number of nitrogens with one attached hydrogen (secondary N) is 1. The molecular weight excluding hydrogens is 353 g/mol. The topological polar surface area (TPSA) is 90.4 Å². The number of halogens is 2. The molecule has 0 aliphatic rings. The largest absolute Gasteiger partial charge is 0.496 e.